The van der Waals surface area contributed by atoms with E-state index in [-0.39, 0.29) is 29.4 Å². The van der Waals surface area contributed by atoms with Crippen molar-refractivity contribution < 1.29 is 9.53 Å². The van der Waals surface area contributed by atoms with Gasteiger partial charge in [0.05, 0.1) is 23.8 Å². The molecule has 1 amide bonds. The molecule has 0 aliphatic carbocycles. The van der Waals surface area contributed by atoms with E-state index in [1.165, 1.54) is 0 Å². The number of nitrogens with zero attached hydrogens (tertiary/aromatic N) is 2. The van der Waals surface area contributed by atoms with Crippen LogP contribution < -0.4 is 11.1 Å². The van der Waals surface area contributed by atoms with Gasteiger partial charge in [0.25, 0.3) is 0 Å². The Kier molecular flexibility index (Phi) is 5.76. The van der Waals surface area contributed by atoms with Gasteiger partial charge in [-0.05, 0) is 20.8 Å². The summed E-state index contributed by atoms with van der Waals surface area (Å²) < 4.78 is 7.01. The molecule has 0 spiro atoms. The van der Waals surface area contributed by atoms with Gasteiger partial charge in [-0.2, -0.15) is 5.10 Å². The summed E-state index contributed by atoms with van der Waals surface area (Å²) in [5.41, 5.74) is 6.20. The Bertz CT molecular complexity index is 505. The first-order chi connectivity index (χ1) is 9.98. The standard InChI is InChI=1S/C16H30N4O2/c1-15(2,3)12-9-13(20(19-12)16(4,5)6)18-14(21)8-11(10-17)22-7/h9,11H,8,10,17H2,1-7H3,(H,18,21). The predicted octanol–water partition coefficient (Wildman–Crippen LogP) is 2.24. The van der Waals surface area contributed by atoms with Crippen LogP contribution in [0, 0.1) is 0 Å². The zero-order chi connectivity index (χ0) is 17.1. The van der Waals surface area contributed by atoms with E-state index in [2.05, 4.69) is 52.0 Å². The second-order valence-electron chi connectivity index (χ2n) is 7.59. The molecular formula is C16H30N4O2. The third-order valence-electron chi connectivity index (χ3n) is 3.39. The highest BCUT2D eigenvalue weighted by Crippen LogP contribution is 2.28. The zero-order valence-corrected chi connectivity index (χ0v) is 14.9. The largest absolute Gasteiger partial charge is 0.380 e. The Morgan fingerprint density at radius 3 is 2.36 bits per heavy atom. The Balaban J connectivity index is 3.03. The molecule has 0 aromatic carbocycles. The van der Waals surface area contributed by atoms with E-state index in [4.69, 9.17) is 10.5 Å². The normalized spacial score (nSPS) is 14.0. The number of rotatable bonds is 5. The summed E-state index contributed by atoms with van der Waals surface area (Å²) in [7, 11) is 1.56. The van der Waals surface area contributed by atoms with Crippen molar-refractivity contribution in [1.29, 1.82) is 0 Å². The van der Waals surface area contributed by atoms with Crippen LogP contribution in [0.2, 0.25) is 0 Å². The van der Waals surface area contributed by atoms with E-state index in [9.17, 15) is 4.79 Å². The summed E-state index contributed by atoms with van der Waals surface area (Å²) in [5.74, 6) is 0.581. The molecule has 1 atom stereocenters. The first-order valence-electron chi connectivity index (χ1n) is 7.62. The van der Waals surface area contributed by atoms with E-state index >= 15 is 0 Å². The number of amides is 1. The van der Waals surface area contributed by atoms with E-state index < -0.39 is 0 Å². The van der Waals surface area contributed by atoms with Gasteiger partial charge in [0.1, 0.15) is 5.82 Å². The summed E-state index contributed by atoms with van der Waals surface area (Å²) in [4.78, 5) is 12.2. The van der Waals surface area contributed by atoms with E-state index in [0.29, 0.717) is 12.4 Å². The summed E-state index contributed by atoms with van der Waals surface area (Å²) in [6.45, 7) is 12.8. The maximum absolute atomic E-state index is 12.2. The van der Waals surface area contributed by atoms with Crippen molar-refractivity contribution >= 4 is 11.7 Å². The van der Waals surface area contributed by atoms with Gasteiger partial charge < -0.3 is 15.8 Å². The van der Waals surface area contributed by atoms with Gasteiger partial charge in [-0.25, -0.2) is 4.68 Å². The monoisotopic (exact) mass is 310 g/mol. The minimum Gasteiger partial charge on any atom is -0.380 e. The second kappa shape index (κ2) is 6.79. The second-order valence-corrected chi connectivity index (χ2v) is 7.59. The molecule has 1 aromatic rings. The quantitative estimate of drug-likeness (QED) is 0.874. The zero-order valence-electron chi connectivity index (χ0n) is 14.9. The molecule has 1 unspecified atom stereocenters. The fourth-order valence-corrected chi connectivity index (χ4v) is 2.01. The molecule has 3 N–H and O–H groups in total. The molecular weight excluding hydrogens is 280 g/mol. The van der Waals surface area contributed by atoms with Crippen LogP contribution in [0.15, 0.2) is 6.07 Å². The molecule has 0 saturated heterocycles. The smallest absolute Gasteiger partial charge is 0.228 e. The van der Waals surface area contributed by atoms with Gasteiger partial charge in [0, 0.05) is 25.1 Å². The summed E-state index contributed by atoms with van der Waals surface area (Å²) in [6, 6.07) is 1.94. The Hall–Kier alpha value is -1.40. The van der Waals surface area contributed by atoms with Crippen molar-refractivity contribution in [2.24, 2.45) is 5.73 Å². The average Bonchev–Trinajstić information content (AvgIpc) is 2.79. The molecule has 0 radical (unpaired) electrons. The molecule has 6 heteroatoms. The lowest BCUT2D eigenvalue weighted by atomic mass is 9.92. The van der Waals surface area contributed by atoms with Crippen molar-refractivity contribution in [1.82, 2.24) is 9.78 Å². The van der Waals surface area contributed by atoms with Crippen molar-refractivity contribution in [3.05, 3.63) is 11.8 Å². The van der Waals surface area contributed by atoms with Crippen molar-refractivity contribution in [2.45, 2.75) is 65.0 Å². The van der Waals surface area contributed by atoms with Gasteiger partial charge in [-0.3, -0.25) is 4.79 Å². The molecule has 0 saturated carbocycles. The number of hydrogen-bond acceptors (Lipinski definition) is 4. The molecule has 0 aliphatic rings. The van der Waals surface area contributed by atoms with E-state index in [1.807, 2.05) is 10.7 Å². The number of nitrogens with two attached hydrogens (primary N) is 1. The van der Waals surface area contributed by atoms with Crippen LogP contribution in [0.5, 0.6) is 0 Å². The molecule has 1 aromatic heterocycles. The van der Waals surface area contributed by atoms with Crippen LogP contribution in [-0.4, -0.2) is 35.4 Å². The molecule has 6 nitrogen and oxygen atoms in total. The minimum absolute atomic E-state index is 0.0811. The topological polar surface area (TPSA) is 82.2 Å². The molecule has 22 heavy (non-hydrogen) atoms. The van der Waals surface area contributed by atoms with E-state index in [0.717, 1.165) is 5.69 Å². The van der Waals surface area contributed by atoms with Crippen LogP contribution in [0.4, 0.5) is 5.82 Å². The molecule has 0 bridgehead atoms. The number of aromatic nitrogens is 2. The van der Waals surface area contributed by atoms with Crippen LogP contribution in [0.1, 0.15) is 53.7 Å². The summed E-state index contributed by atoms with van der Waals surface area (Å²) >= 11 is 0. The van der Waals surface area contributed by atoms with Crippen LogP contribution >= 0.6 is 0 Å². The van der Waals surface area contributed by atoms with Crippen LogP contribution in [0.3, 0.4) is 0 Å². The molecule has 1 heterocycles. The number of hydrogen-bond donors (Lipinski definition) is 2. The Morgan fingerprint density at radius 2 is 1.95 bits per heavy atom. The molecule has 126 valence electrons. The number of carbonyl (C=O) groups is 1. The van der Waals surface area contributed by atoms with Gasteiger partial charge in [-0.15, -0.1) is 0 Å². The maximum Gasteiger partial charge on any atom is 0.228 e. The number of methoxy groups -OCH3 is 1. The van der Waals surface area contributed by atoms with Gasteiger partial charge in [0.2, 0.25) is 5.91 Å². The first kappa shape index (κ1) is 18.6. The first-order valence-corrected chi connectivity index (χ1v) is 7.62. The minimum atomic E-state index is -0.270. The molecule has 1 rings (SSSR count). The SMILES string of the molecule is COC(CN)CC(=O)Nc1cc(C(C)(C)C)nn1C(C)(C)C. The highest BCUT2D eigenvalue weighted by Gasteiger charge is 2.26. The fraction of sp³-hybridized carbons (Fsp3) is 0.750. The van der Waals surface area contributed by atoms with Crippen LogP contribution in [-0.2, 0) is 20.5 Å². The average molecular weight is 310 g/mol. The predicted molar refractivity (Wildman–Crippen MR) is 89.0 cm³/mol. The number of nitrogens with one attached hydrogen (secondary N) is 1. The Morgan fingerprint density at radius 1 is 1.36 bits per heavy atom. The third kappa shape index (κ3) is 4.81. The summed E-state index contributed by atoms with van der Waals surface area (Å²) in [5, 5.41) is 7.61. The van der Waals surface area contributed by atoms with Gasteiger partial charge in [-0.1, -0.05) is 20.8 Å². The number of anilines is 1. The van der Waals surface area contributed by atoms with Crippen molar-refractivity contribution in [3.63, 3.8) is 0 Å². The number of carbonyl (C=O) groups excluding carboxylic acids is 1. The number of ether oxygens (including phenoxy) is 1. The lowest BCUT2D eigenvalue weighted by molar-refractivity contribution is -0.118. The van der Waals surface area contributed by atoms with E-state index in [1.54, 1.807) is 7.11 Å². The van der Waals surface area contributed by atoms with Crippen molar-refractivity contribution in [3.8, 4) is 0 Å². The highest BCUT2D eigenvalue weighted by molar-refractivity contribution is 5.90. The van der Waals surface area contributed by atoms with Gasteiger partial charge >= 0.3 is 0 Å². The summed E-state index contributed by atoms with van der Waals surface area (Å²) in [6.07, 6.45) is -0.0409. The third-order valence-corrected chi connectivity index (χ3v) is 3.39. The Labute approximate surface area is 133 Å². The van der Waals surface area contributed by atoms with Gasteiger partial charge in [0.15, 0.2) is 0 Å². The van der Waals surface area contributed by atoms with Crippen LogP contribution in [0.25, 0.3) is 0 Å². The highest BCUT2D eigenvalue weighted by atomic mass is 16.5. The maximum atomic E-state index is 12.2. The fourth-order valence-electron chi connectivity index (χ4n) is 2.01. The molecule has 0 aliphatic heterocycles. The molecule has 0 fully saturated rings. The lowest BCUT2D eigenvalue weighted by Gasteiger charge is -2.23. The van der Waals surface area contributed by atoms with Crippen molar-refractivity contribution in [2.75, 3.05) is 19.0 Å². The lowest BCUT2D eigenvalue weighted by Crippen LogP contribution is -2.30.